The Bertz CT molecular complexity index is 699. The summed E-state index contributed by atoms with van der Waals surface area (Å²) >= 11 is 1.69. The van der Waals surface area contributed by atoms with E-state index in [1.165, 1.54) is 4.90 Å². The van der Waals surface area contributed by atoms with Gasteiger partial charge in [-0.05, 0) is 48.2 Å². The summed E-state index contributed by atoms with van der Waals surface area (Å²) in [5.41, 5.74) is 6.66. The third kappa shape index (κ3) is 5.03. The zero-order valence-corrected chi connectivity index (χ0v) is 14.5. The van der Waals surface area contributed by atoms with E-state index in [4.69, 9.17) is 10.5 Å². The average molecular weight is 344 g/mol. The number of hydrogen-bond donors (Lipinski definition) is 1. The van der Waals surface area contributed by atoms with Gasteiger partial charge in [-0.1, -0.05) is 12.1 Å². The van der Waals surface area contributed by atoms with Crippen molar-refractivity contribution in [3.05, 3.63) is 59.7 Å². The Morgan fingerprint density at radius 2 is 1.71 bits per heavy atom. The molecule has 0 aromatic heterocycles. The minimum Gasteiger partial charge on any atom is -0.484 e. The highest BCUT2D eigenvalue weighted by atomic mass is 32.2. The standard InChI is InChI=1S/C18H20N2O3S/c1-20(11-13-3-9-16(24-2)10-4-13)18(22)14-5-7-15(8-6-14)23-12-17(19)21/h3-10H,11-12H2,1-2H3,(H2,19,21). The van der Waals surface area contributed by atoms with E-state index >= 15 is 0 Å². The Morgan fingerprint density at radius 1 is 1.08 bits per heavy atom. The number of carbonyl (C=O) groups is 2. The highest BCUT2D eigenvalue weighted by molar-refractivity contribution is 7.98. The molecule has 0 aliphatic rings. The lowest BCUT2D eigenvalue weighted by atomic mass is 10.1. The Morgan fingerprint density at radius 3 is 2.25 bits per heavy atom. The molecule has 2 aromatic rings. The van der Waals surface area contributed by atoms with Crippen LogP contribution in [0.3, 0.4) is 0 Å². The minimum atomic E-state index is -0.539. The molecule has 0 heterocycles. The van der Waals surface area contributed by atoms with E-state index in [1.54, 1.807) is 48.0 Å². The van der Waals surface area contributed by atoms with Crippen LogP contribution in [0.1, 0.15) is 15.9 Å². The summed E-state index contributed by atoms with van der Waals surface area (Å²) in [4.78, 5) is 26.0. The second kappa shape index (κ2) is 8.40. The van der Waals surface area contributed by atoms with Crippen LogP contribution in [0.25, 0.3) is 0 Å². The van der Waals surface area contributed by atoms with Gasteiger partial charge in [0.25, 0.3) is 11.8 Å². The van der Waals surface area contributed by atoms with Crippen LogP contribution in [-0.2, 0) is 11.3 Å². The number of rotatable bonds is 7. The Kier molecular flexibility index (Phi) is 6.26. The van der Waals surface area contributed by atoms with Crippen LogP contribution in [0.15, 0.2) is 53.4 Å². The molecule has 0 radical (unpaired) electrons. The molecule has 0 saturated carbocycles. The van der Waals surface area contributed by atoms with Crippen LogP contribution in [0.4, 0.5) is 0 Å². The fourth-order valence-corrected chi connectivity index (χ4v) is 2.55. The fraction of sp³-hybridized carbons (Fsp3) is 0.222. The number of hydrogen-bond acceptors (Lipinski definition) is 4. The molecule has 0 aliphatic carbocycles. The van der Waals surface area contributed by atoms with Crippen LogP contribution < -0.4 is 10.5 Å². The van der Waals surface area contributed by atoms with Gasteiger partial charge in [-0.25, -0.2) is 0 Å². The van der Waals surface area contributed by atoms with Gasteiger partial charge in [-0.2, -0.15) is 0 Å². The zero-order chi connectivity index (χ0) is 17.5. The van der Waals surface area contributed by atoms with Gasteiger partial charge in [0, 0.05) is 24.1 Å². The quantitative estimate of drug-likeness (QED) is 0.784. The normalized spacial score (nSPS) is 10.2. The number of nitrogens with zero attached hydrogens (tertiary/aromatic N) is 1. The van der Waals surface area contributed by atoms with Gasteiger partial charge in [-0.3, -0.25) is 9.59 Å². The molecule has 2 amide bonds. The summed E-state index contributed by atoms with van der Waals surface area (Å²) < 4.78 is 5.18. The molecule has 6 heteroatoms. The number of ether oxygens (including phenoxy) is 1. The molecule has 0 aliphatic heterocycles. The summed E-state index contributed by atoms with van der Waals surface area (Å²) in [5.74, 6) is -0.117. The predicted octanol–water partition coefficient (Wildman–Crippen LogP) is 2.54. The van der Waals surface area contributed by atoms with Gasteiger partial charge in [0.15, 0.2) is 6.61 Å². The Labute approximate surface area is 145 Å². The van der Waals surface area contributed by atoms with E-state index in [0.29, 0.717) is 17.9 Å². The van der Waals surface area contributed by atoms with Crippen molar-refractivity contribution in [1.29, 1.82) is 0 Å². The first-order valence-electron chi connectivity index (χ1n) is 7.39. The van der Waals surface area contributed by atoms with Gasteiger partial charge >= 0.3 is 0 Å². The molecular weight excluding hydrogens is 324 g/mol. The van der Waals surface area contributed by atoms with E-state index in [9.17, 15) is 9.59 Å². The highest BCUT2D eigenvalue weighted by Crippen LogP contribution is 2.17. The lowest BCUT2D eigenvalue weighted by molar-refractivity contribution is -0.119. The van der Waals surface area contributed by atoms with Crippen molar-refractivity contribution in [1.82, 2.24) is 4.90 Å². The summed E-state index contributed by atoms with van der Waals surface area (Å²) in [5, 5.41) is 0. The molecule has 2 N–H and O–H groups in total. The third-order valence-electron chi connectivity index (χ3n) is 3.41. The molecule has 5 nitrogen and oxygen atoms in total. The van der Waals surface area contributed by atoms with Crippen molar-refractivity contribution < 1.29 is 14.3 Å². The third-order valence-corrected chi connectivity index (χ3v) is 4.15. The van der Waals surface area contributed by atoms with Crippen molar-refractivity contribution in [2.45, 2.75) is 11.4 Å². The van der Waals surface area contributed by atoms with Crippen LogP contribution >= 0.6 is 11.8 Å². The molecule has 24 heavy (non-hydrogen) atoms. The van der Waals surface area contributed by atoms with Crippen molar-refractivity contribution in [3.8, 4) is 5.75 Å². The largest absolute Gasteiger partial charge is 0.484 e. The van der Waals surface area contributed by atoms with Gasteiger partial charge in [-0.15, -0.1) is 11.8 Å². The number of carbonyl (C=O) groups excluding carboxylic acids is 2. The Balaban J connectivity index is 1.97. The van der Waals surface area contributed by atoms with Crippen LogP contribution in [0.5, 0.6) is 5.75 Å². The van der Waals surface area contributed by atoms with Crippen molar-refractivity contribution in [3.63, 3.8) is 0 Å². The first-order chi connectivity index (χ1) is 11.5. The number of primary amides is 1. The molecule has 0 bridgehead atoms. The molecule has 0 saturated heterocycles. The monoisotopic (exact) mass is 344 g/mol. The first-order valence-corrected chi connectivity index (χ1v) is 8.61. The fourth-order valence-electron chi connectivity index (χ4n) is 2.15. The highest BCUT2D eigenvalue weighted by Gasteiger charge is 2.12. The first kappa shape index (κ1) is 17.9. The smallest absolute Gasteiger partial charge is 0.255 e. The maximum absolute atomic E-state index is 12.5. The van der Waals surface area contributed by atoms with Crippen LogP contribution in [0, 0.1) is 0 Å². The van der Waals surface area contributed by atoms with Crippen molar-refractivity contribution in [2.75, 3.05) is 19.9 Å². The molecule has 0 fully saturated rings. The summed E-state index contributed by atoms with van der Waals surface area (Å²) in [7, 11) is 1.77. The number of amides is 2. The molecular formula is C18H20N2O3S. The summed E-state index contributed by atoms with van der Waals surface area (Å²) in [6.07, 6.45) is 2.03. The number of benzene rings is 2. The van der Waals surface area contributed by atoms with E-state index in [-0.39, 0.29) is 12.5 Å². The summed E-state index contributed by atoms with van der Waals surface area (Å²) in [6, 6.07) is 14.8. The van der Waals surface area contributed by atoms with Gasteiger partial charge in [0.1, 0.15) is 5.75 Å². The Hall–Kier alpha value is -2.47. The molecule has 126 valence electrons. The molecule has 2 aromatic carbocycles. The lowest BCUT2D eigenvalue weighted by Gasteiger charge is -2.17. The van der Waals surface area contributed by atoms with E-state index < -0.39 is 5.91 Å². The number of nitrogens with two attached hydrogens (primary N) is 1. The zero-order valence-electron chi connectivity index (χ0n) is 13.7. The molecule has 0 atom stereocenters. The molecule has 0 spiro atoms. The van der Waals surface area contributed by atoms with Crippen LogP contribution in [-0.4, -0.2) is 36.6 Å². The van der Waals surface area contributed by atoms with Gasteiger partial charge < -0.3 is 15.4 Å². The SMILES string of the molecule is CSc1ccc(CN(C)C(=O)c2ccc(OCC(N)=O)cc2)cc1. The van der Waals surface area contributed by atoms with E-state index in [2.05, 4.69) is 0 Å². The maximum atomic E-state index is 12.5. The lowest BCUT2D eigenvalue weighted by Crippen LogP contribution is -2.26. The maximum Gasteiger partial charge on any atom is 0.255 e. The second-order valence-corrected chi connectivity index (χ2v) is 6.17. The minimum absolute atomic E-state index is 0.0783. The van der Waals surface area contributed by atoms with Crippen molar-refractivity contribution >= 4 is 23.6 Å². The van der Waals surface area contributed by atoms with E-state index in [0.717, 1.165) is 5.56 Å². The predicted molar refractivity (Wildman–Crippen MR) is 95.2 cm³/mol. The second-order valence-electron chi connectivity index (χ2n) is 5.29. The molecule has 2 rings (SSSR count). The molecule has 0 unspecified atom stereocenters. The van der Waals surface area contributed by atoms with E-state index in [1.807, 2.05) is 30.5 Å². The number of thioether (sulfide) groups is 1. The van der Waals surface area contributed by atoms with Crippen molar-refractivity contribution in [2.24, 2.45) is 5.73 Å². The average Bonchev–Trinajstić information content (AvgIpc) is 2.60. The summed E-state index contributed by atoms with van der Waals surface area (Å²) in [6.45, 7) is 0.354. The van der Waals surface area contributed by atoms with Crippen LogP contribution in [0.2, 0.25) is 0 Å². The van der Waals surface area contributed by atoms with Gasteiger partial charge in [0.2, 0.25) is 0 Å². The topological polar surface area (TPSA) is 72.6 Å². The van der Waals surface area contributed by atoms with Gasteiger partial charge in [0.05, 0.1) is 0 Å².